The van der Waals surface area contributed by atoms with Crippen molar-refractivity contribution >= 4 is 5.69 Å². The minimum Gasteiger partial charge on any atom is -0.372 e. The molecule has 0 aliphatic carbocycles. The van der Waals surface area contributed by atoms with E-state index in [9.17, 15) is 0 Å². The number of rotatable bonds is 5. The van der Waals surface area contributed by atoms with Crippen LogP contribution in [0.15, 0.2) is 18.2 Å². The van der Waals surface area contributed by atoms with Crippen LogP contribution in [0.25, 0.3) is 0 Å². The van der Waals surface area contributed by atoms with E-state index in [2.05, 4.69) is 63.2 Å². The number of nitrogens with one attached hydrogen (secondary N) is 1. The van der Waals surface area contributed by atoms with Gasteiger partial charge in [0, 0.05) is 25.3 Å². The molecule has 0 fully saturated rings. The minimum atomic E-state index is 0.540. The lowest BCUT2D eigenvalue weighted by atomic mass is 10.1. The lowest BCUT2D eigenvalue weighted by molar-refractivity contribution is 0.724. The molecule has 90 valence electrons. The highest BCUT2D eigenvalue weighted by Crippen LogP contribution is 2.21. The predicted molar refractivity (Wildman–Crippen MR) is 72.1 cm³/mol. The van der Waals surface area contributed by atoms with Crippen molar-refractivity contribution in [2.45, 2.75) is 40.3 Å². The Morgan fingerprint density at radius 2 is 2.00 bits per heavy atom. The first-order valence-corrected chi connectivity index (χ1v) is 6.09. The first-order chi connectivity index (χ1) is 7.56. The van der Waals surface area contributed by atoms with Crippen LogP contribution in [-0.2, 0) is 6.54 Å². The van der Waals surface area contributed by atoms with Crippen LogP contribution < -0.4 is 10.2 Å². The maximum atomic E-state index is 3.35. The van der Waals surface area contributed by atoms with Gasteiger partial charge in [-0.25, -0.2) is 0 Å². The highest BCUT2D eigenvalue weighted by atomic mass is 15.1. The fourth-order valence-electron chi connectivity index (χ4n) is 1.77. The van der Waals surface area contributed by atoms with Gasteiger partial charge in [0.25, 0.3) is 0 Å². The smallest absolute Gasteiger partial charge is 0.0395 e. The molecule has 0 aliphatic rings. The van der Waals surface area contributed by atoms with Crippen molar-refractivity contribution < 1.29 is 0 Å². The molecule has 0 bridgehead atoms. The van der Waals surface area contributed by atoms with Crippen LogP contribution in [-0.4, -0.2) is 19.6 Å². The highest BCUT2D eigenvalue weighted by molar-refractivity contribution is 5.54. The number of hydrogen-bond donors (Lipinski definition) is 1. The summed E-state index contributed by atoms with van der Waals surface area (Å²) in [4.78, 5) is 2.31. The van der Waals surface area contributed by atoms with E-state index in [1.54, 1.807) is 0 Å². The molecule has 1 aromatic carbocycles. The summed E-state index contributed by atoms with van der Waals surface area (Å²) in [6.07, 6.45) is 0. The zero-order valence-corrected chi connectivity index (χ0v) is 11.2. The van der Waals surface area contributed by atoms with Crippen molar-refractivity contribution in [2.75, 3.05) is 18.5 Å². The summed E-state index contributed by atoms with van der Waals surface area (Å²) in [5.74, 6) is 0. The summed E-state index contributed by atoms with van der Waals surface area (Å²) in [7, 11) is 2.15. The Morgan fingerprint density at radius 3 is 2.50 bits per heavy atom. The van der Waals surface area contributed by atoms with Crippen LogP contribution >= 0.6 is 0 Å². The van der Waals surface area contributed by atoms with Gasteiger partial charge in [0.1, 0.15) is 0 Å². The highest BCUT2D eigenvalue weighted by Gasteiger charge is 2.07. The number of nitrogens with zero attached hydrogens (tertiary/aromatic N) is 1. The van der Waals surface area contributed by atoms with Gasteiger partial charge in [-0.3, -0.25) is 0 Å². The third-order valence-electron chi connectivity index (χ3n) is 2.99. The molecule has 0 spiro atoms. The fourth-order valence-corrected chi connectivity index (χ4v) is 1.77. The molecule has 1 rings (SSSR count). The molecule has 0 atom stereocenters. The van der Waals surface area contributed by atoms with E-state index in [1.165, 1.54) is 16.8 Å². The maximum absolute atomic E-state index is 3.35. The zero-order valence-electron chi connectivity index (χ0n) is 11.2. The van der Waals surface area contributed by atoms with Crippen molar-refractivity contribution in [2.24, 2.45) is 0 Å². The summed E-state index contributed by atoms with van der Waals surface area (Å²) in [5, 5.41) is 3.35. The van der Waals surface area contributed by atoms with Crippen molar-refractivity contribution in [3.05, 3.63) is 29.3 Å². The monoisotopic (exact) mass is 220 g/mol. The van der Waals surface area contributed by atoms with Gasteiger partial charge in [-0.1, -0.05) is 19.1 Å². The molecule has 1 N–H and O–H groups in total. The zero-order chi connectivity index (χ0) is 12.1. The number of hydrogen-bond acceptors (Lipinski definition) is 2. The Labute approximate surface area is 99.7 Å². The van der Waals surface area contributed by atoms with Crippen molar-refractivity contribution in [1.82, 2.24) is 5.32 Å². The Bertz CT molecular complexity index is 332. The summed E-state index contributed by atoms with van der Waals surface area (Å²) in [6, 6.07) is 7.25. The van der Waals surface area contributed by atoms with Gasteiger partial charge in [-0.05, 0) is 44.5 Å². The third-order valence-corrected chi connectivity index (χ3v) is 2.99. The third kappa shape index (κ3) is 3.24. The molecule has 0 saturated carbocycles. The molecule has 0 unspecified atom stereocenters. The van der Waals surface area contributed by atoms with Crippen LogP contribution in [0.2, 0.25) is 0 Å². The molecule has 0 heterocycles. The molecule has 2 heteroatoms. The lowest BCUT2D eigenvalue weighted by Crippen LogP contribution is -2.26. The van der Waals surface area contributed by atoms with Gasteiger partial charge in [0.15, 0.2) is 0 Å². The van der Waals surface area contributed by atoms with Crippen molar-refractivity contribution in [3.63, 3.8) is 0 Å². The number of benzene rings is 1. The van der Waals surface area contributed by atoms with Gasteiger partial charge in [-0.15, -0.1) is 0 Å². The van der Waals surface area contributed by atoms with E-state index in [1.807, 2.05) is 0 Å². The molecule has 0 aliphatic heterocycles. The second kappa shape index (κ2) is 5.90. The van der Waals surface area contributed by atoms with E-state index in [0.717, 1.165) is 13.1 Å². The van der Waals surface area contributed by atoms with E-state index in [-0.39, 0.29) is 0 Å². The number of aryl methyl sites for hydroxylation is 1. The van der Waals surface area contributed by atoms with Crippen LogP contribution in [0.5, 0.6) is 0 Å². The largest absolute Gasteiger partial charge is 0.372 e. The quantitative estimate of drug-likeness (QED) is 0.820. The Hall–Kier alpha value is -1.02. The second-order valence-electron chi connectivity index (χ2n) is 4.61. The Kier molecular flexibility index (Phi) is 4.81. The lowest BCUT2D eigenvalue weighted by Gasteiger charge is -2.26. The second-order valence-corrected chi connectivity index (χ2v) is 4.61. The molecule has 16 heavy (non-hydrogen) atoms. The topological polar surface area (TPSA) is 15.3 Å². The average molecular weight is 220 g/mol. The van der Waals surface area contributed by atoms with E-state index >= 15 is 0 Å². The first kappa shape index (κ1) is 13.0. The van der Waals surface area contributed by atoms with Crippen LogP contribution in [0.4, 0.5) is 5.69 Å². The van der Waals surface area contributed by atoms with Gasteiger partial charge in [-0.2, -0.15) is 0 Å². The minimum absolute atomic E-state index is 0.540. The average Bonchev–Trinajstić information content (AvgIpc) is 2.25. The van der Waals surface area contributed by atoms with E-state index in [0.29, 0.717) is 6.04 Å². The summed E-state index contributed by atoms with van der Waals surface area (Å²) < 4.78 is 0. The Balaban J connectivity index is 2.82. The van der Waals surface area contributed by atoms with Gasteiger partial charge in [0.2, 0.25) is 0 Å². The molecular formula is C14H24N2. The van der Waals surface area contributed by atoms with Crippen LogP contribution in [0, 0.1) is 6.92 Å². The standard InChI is InChI=1S/C14H24N2/c1-6-15-10-13-7-8-14(12(4)9-13)16(5)11(2)3/h7-9,11,15H,6,10H2,1-5H3. The molecule has 0 amide bonds. The molecule has 0 saturated heterocycles. The van der Waals surface area contributed by atoms with Crippen molar-refractivity contribution in [3.8, 4) is 0 Å². The van der Waals surface area contributed by atoms with Crippen LogP contribution in [0.3, 0.4) is 0 Å². The fraction of sp³-hybridized carbons (Fsp3) is 0.571. The van der Waals surface area contributed by atoms with Gasteiger partial charge in [0.05, 0.1) is 0 Å². The van der Waals surface area contributed by atoms with E-state index < -0.39 is 0 Å². The summed E-state index contributed by atoms with van der Waals surface area (Å²) in [5.41, 5.74) is 4.04. The van der Waals surface area contributed by atoms with Crippen molar-refractivity contribution in [1.29, 1.82) is 0 Å². The summed E-state index contributed by atoms with van der Waals surface area (Å²) in [6.45, 7) is 10.7. The summed E-state index contributed by atoms with van der Waals surface area (Å²) >= 11 is 0. The van der Waals surface area contributed by atoms with Gasteiger partial charge >= 0.3 is 0 Å². The normalized spacial score (nSPS) is 10.9. The Morgan fingerprint density at radius 1 is 1.31 bits per heavy atom. The van der Waals surface area contributed by atoms with Gasteiger partial charge < -0.3 is 10.2 Å². The molecule has 1 aromatic rings. The number of anilines is 1. The SMILES string of the molecule is CCNCc1ccc(N(C)C(C)C)c(C)c1. The molecule has 2 nitrogen and oxygen atoms in total. The molecule has 0 radical (unpaired) electrons. The molecular weight excluding hydrogens is 196 g/mol. The maximum Gasteiger partial charge on any atom is 0.0395 e. The van der Waals surface area contributed by atoms with E-state index in [4.69, 9.17) is 0 Å². The van der Waals surface area contributed by atoms with Crippen LogP contribution in [0.1, 0.15) is 31.9 Å². The first-order valence-electron chi connectivity index (χ1n) is 6.09. The predicted octanol–water partition coefficient (Wildman–Crippen LogP) is 2.95. The molecule has 0 aromatic heterocycles.